The summed E-state index contributed by atoms with van der Waals surface area (Å²) in [5.41, 5.74) is -1.94. The molecule has 10 heteroatoms. The van der Waals surface area contributed by atoms with Gasteiger partial charge in [0.1, 0.15) is 12.2 Å². The molecule has 1 aliphatic carbocycles. The molecule has 5 rings (SSSR count). The first kappa shape index (κ1) is 30.8. The van der Waals surface area contributed by atoms with Gasteiger partial charge in [0.05, 0.1) is 22.3 Å². The summed E-state index contributed by atoms with van der Waals surface area (Å²) in [4.78, 5) is 66.1. The standard InChI is InChI=1S/C35H28O10/c36-27-21-35(41,22-42-31(37)23-13-5-1-6-14-23)30(45-34(40)26-19-11-4-12-20-26)29(44-33(39)25-17-9-3-10-18-25)28(27)43-32(38)24-15-7-2-8-16-24/h1-20,28-30,41H,21-22H2/t28-,29-,30+,35-/m1/s1. The van der Waals surface area contributed by atoms with E-state index in [9.17, 15) is 29.1 Å². The highest BCUT2D eigenvalue weighted by atomic mass is 16.6. The Hall–Kier alpha value is -5.61. The Morgan fingerprint density at radius 2 is 0.956 bits per heavy atom. The second-order valence-corrected chi connectivity index (χ2v) is 10.3. The van der Waals surface area contributed by atoms with Gasteiger partial charge in [-0.15, -0.1) is 0 Å². The van der Waals surface area contributed by atoms with Gasteiger partial charge in [0, 0.05) is 6.42 Å². The van der Waals surface area contributed by atoms with Gasteiger partial charge in [0.25, 0.3) is 0 Å². The van der Waals surface area contributed by atoms with Gasteiger partial charge in [-0.1, -0.05) is 72.8 Å². The predicted octanol–water partition coefficient (Wildman–Crippen LogP) is 4.22. The number of hydrogen-bond donors (Lipinski definition) is 1. The number of benzene rings is 4. The fraction of sp³-hybridized carbons (Fsp3) is 0.171. The molecule has 10 nitrogen and oxygen atoms in total. The molecule has 0 aliphatic heterocycles. The fourth-order valence-corrected chi connectivity index (χ4v) is 4.85. The van der Waals surface area contributed by atoms with E-state index < -0.39 is 66.6 Å². The minimum atomic E-state index is -2.39. The summed E-state index contributed by atoms with van der Waals surface area (Å²) in [7, 11) is 0. The third kappa shape index (κ3) is 7.31. The second-order valence-electron chi connectivity index (χ2n) is 10.3. The van der Waals surface area contributed by atoms with Crippen LogP contribution in [0.15, 0.2) is 121 Å². The lowest BCUT2D eigenvalue weighted by Gasteiger charge is -2.44. The van der Waals surface area contributed by atoms with Gasteiger partial charge in [-0.05, 0) is 48.5 Å². The summed E-state index contributed by atoms with van der Waals surface area (Å²) in [6.45, 7) is -0.821. The van der Waals surface area contributed by atoms with Crippen LogP contribution in [-0.4, -0.2) is 65.3 Å². The summed E-state index contributed by atoms with van der Waals surface area (Å²) in [6, 6.07) is 31.3. The molecular weight excluding hydrogens is 580 g/mol. The van der Waals surface area contributed by atoms with E-state index in [0.717, 1.165) is 0 Å². The van der Waals surface area contributed by atoms with Crippen LogP contribution in [0, 0.1) is 0 Å². The number of carbonyl (C=O) groups excluding carboxylic acids is 5. The summed E-state index contributed by atoms with van der Waals surface area (Å²) in [6.07, 6.45) is -6.22. The van der Waals surface area contributed by atoms with E-state index in [2.05, 4.69) is 0 Å². The molecule has 45 heavy (non-hydrogen) atoms. The predicted molar refractivity (Wildman–Crippen MR) is 158 cm³/mol. The van der Waals surface area contributed by atoms with Gasteiger partial charge in [-0.2, -0.15) is 0 Å². The Balaban J connectivity index is 1.52. The highest BCUT2D eigenvalue weighted by Crippen LogP contribution is 2.35. The van der Waals surface area contributed by atoms with Crippen LogP contribution in [-0.2, 0) is 23.7 Å². The number of esters is 4. The zero-order chi connectivity index (χ0) is 31.8. The monoisotopic (exact) mass is 608 g/mol. The molecule has 0 unspecified atom stereocenters. The van der Waals surface area contributed by atoms with E-state index in [1.54, 1.807) is 72.8 Å². The average Bonchev–Trinajstić information content (AvgIpc) is 3.08. The Bertz CT molecular complexity index is 1660. The van der Waals surface area contributed by atoms with Gasteiger partial charge in [0.15, 0.2) is 18.0 Å². The zero-order valence-corrected chi connectivity index (χ0v) is 23.8. The topological polar surface area (TPSA) is 143 Å². The van der Waals surface area contributed by atoms with Crippen LogP contribution >= 0.6 is 0 Å². The van der Waals surface area contributed by atoms with E-state index in [0.29, 0.717) is 0 Å². The Morgan fingerprint density at radius 1 is 0.578 bits per heavy atom. The third-order valence-corrected chi connectivity index (χ3v) is 7.13. The molecule has 1 fully saturated rings. The van der Waals surface area contributed by atoms with Crippen LogP contribution in [0.4, 0.5) is 0 Å². The average molecular weight is 609 g/mol. The minimum Gasteiger partial charge on any atom is -0.459 e. The molecule has 0 saturated heterocycles. The first-order valence-electron chi connectivity index (χ1n) is 14.0. The number of carbonyl (C=O) groups is 5. The van der Waals surface area contributed by atoms with Crippen molar-refractivity contribution in [3.8, 4) is 0 Å². The van der Waals surface area contributed by atoms with E-state index in [1.807, 2.05) is 0 Å². The molecule has 228 valence electrons. The number of Topliss-reactive ketones (excluding diaryl/α,β-unsaturated/α-hetero) is 1. The Kier molecular flexibility index (Phi) is 9.45. The molecule has 1 aliphatic rings. The van der Waals surface area contributed by atoms with Crippen molar-refractivity contribution in [3.63, 3.8) is 0 Å². The van der Waals surface area contributed by atoms with Crippen molar-refractivity contribution in [2.45, 2.75) is 30.3 Å². The highest BCUT2D eigenvalue weighted by molar-refractivity contribution is 5.95. The molecular formula is C35H28O10. The van der Waals surface area contributed by atoms with Gasteiger partial charge >= 0.3 is 23.9 Å². The van der Waals surface area contributed by atoms with E-state index in [1.165, 1.54) is 48.5 Å². The number of hydrogen-bond acceptors (Lipinski definition) is 10. The fourth-order valence-electron chi connectivity index (χ4n) is 4.85. The van der Waals surface area contributed by atoms with Crippen molar-refractivity contribution in [3.05, 3.63) is 144 Å². The molecule has 0 aromatic heterocycles. The normalized spacial score (nSPS) is 20.8. The molecule has 1 N–H and O–H groups in total. The van der Waals surface area contributed by atoms with E-state index in [-0.39, 0.29) is 22.3 Å². The number of rotatable bonds is 9. The first-order chi connectivity index (χ1) is 21.7. The Labute approximate surface area is 258 Å². The lowest BCUT2D eigenvalue weighted by Crippen LogP contribution is -2.66. The van der Waals surface area contributed by atoms with Crippen molar-refractivity contribution in [2.24, 2.45) is 0 Å². The van der Waals surface area contributed by atoms with Gasteiger partial charge in [0.2, 0.25) is 6.10 Å². The number of aliphatic hydroxyl groups is 1. The first-order valence-corrected chi connectivity index (χ1v) is 14.0. The van der Waals surface area contributed by atoms with Crippen molar-refractivity contribution >= 4 is 29.7 Å². The van der Waals surface area contributed by atoms with Crippen LogP contribution in [0.1, 0.15) is 47.9 Å². The molecule has 0 heterocycles. The molecule has 4 atom stereocenters. The summed E-state index contributed by atoms with van der Waals surface area (Å²) >= 11 is 0. The van der Waals surface area contributed by atoms with Crippen molar-refractivity contribution in [2.75, 3.05) is 6.61 Å². The number of ether oxygens (including phenoxy) is 4. The maximum Gasteiger partial charge on any atom is 0.338 e. The summed E-state index contributed by atoms with van der Waals surface area (Å²) in [5, 5.41) is 11.9. The molecule has 0 bridgehead atoms. The van der Waals surface area contributed by atoms with Crippen LogP contribution < -0.4 is 0 Å². The lowest BCUT2D eigenvalue weighted by atomic mass is 9.78. The van der Waals surface area contributed by atoms with E-state index >= 15 is 0 Å². The number of ketones is 1. The van der Waals surface area contributed by atoms with E-state index in [4.69, 9.17) is 18.9 Å². The minimum absolute atomic E-state index is 0.0795. The maximum atomic E-state index is 13.6. The van der Waals surface area contributed by atoms with Gasteiger partial charge in [-0.25, -0.2) is 19.2 Å². The third-order valence-electron chi connectivity index (χ3n) is 7.13. The summed E-state index contributed by atoms with van der Waals surface area (Å²) in [5.74, 6) is -4.46. The van der Waals surface area contributed by atoms with Crippen molar-refractivity contribution < 1.29 is 48.0 Å². The molecule has 1 saturated carbocycles. The van der Waals surface area contributed by atoms with Crippen LogP contribution in [0.5, 0.6) is 0 Å². The molecule has 4 aromatic rings. The van der Waals surface area contributed by atoms with Crippen molar-refractivity contribution in [1.29, 1.82) is 0 Å². The maximum absolute atomic E-state index is 13.6. The van der Waals surface area contributed by atoms with Gasteiger partial charge in [-0.3, -0.25) is 4.79 Å². The largest absolute Gasteiger partial charge is 0.459 e. The molecule has 0 amide bonds. The van der Waals surface area contributed by atoms with Crippen LogP contribution in [0.25, 0.3) is 0 Å². The second kappa shape index (κ2) is 13.8. The van der Waals surface area contributed by atoms with Gasteiger partial charge < -0.3 is 24.1 Å². The smallest absolute Gasteiger partial charge is 0.338 e. The van der Waals surface area contributed by atoms with Crippen molar-refractivity contribution in [1.82, 2.24) is 0 Å². The van der Waals surface area contributed by atoms with Crippen LogP contribution in [0.2, 0.25) is 0 Å². The quantitative estimate of drug-likeness (QED) is 0.217. The SMILES string of the molecule is O=C(OC[C@]1(O)CC(=O)[C@@H](OC(=O)c2ccccc2)[C@@H](OC(=O)c2ccccc2)[C@@H]1OC(=O)c1ccccc1)c1ccccc1. The molecule has 4 aromatic carbocycles. The zero-order valence-electron chi connectivity index (χ0n) is 23.8. The molecule has 0 spiro atoms. The summed E-state index contributed by atoms with van der Waals surface area (Å²) < 4.78 is 22.4. The van der Waals surface area contributed by atoms with Crippen LogP contribution in [0.3, 0.4) is 0 Å². The Morgan fingerprint density at radius 3 is 1.40 bits per heavy atom. The molecule has 0 radical (unpaired) electrons. The lowest BCUT2D eigenvalue weighted by molar-refractivity contribution is -0.200. The highest BCUT2D eigenvalue weighted by Gasteiger charge is 2.59.